The zero-order valence-corrected chi connectivity index (χ0v) is 21.7. The van der Waals surface area contributed by atoms with Crippen molar-refractivity contribution < 1.29 is 0 Å². The van der Waals surface area contributed by atoms with Crippen molar-refractivity contribution in [3.63, 3.8) is 0 Å². The molecular formula is C37H26N2. The van der Waals surface area contributed by atoms with Gasteiger partial charge >= 0.3 is 0 Å². The van der Waals surface area contributed by atoms with Crippen LogP contribution in [0, 0.1) is 6.92 Å². The minimum Gasteiger partial charge on any atom is -0.265 e. The Balaban J connectivity index is 1.42. The first-order chi connectivity index (χ1) is 19.3. The summed E-state index contributed by atoms with van der Waals surface area (Å²) >= 11 is 0. The van der Waals surface area contributed by atoms with Crippen LogP contribution in [0.25, 0.3) is 66.1 Å². The first-order valence-corrected chi connectivity index (χ1v) is 13.2. The molecule has 5 aromatic carbocycles. The molecule has 0 fully saturated rings. The molecule has 0 radical (unpaired) electrons. The maximum Gasteiger partial charge on any atom is 0.0450 e. The van der Waals surface area contributed by atoms with Crippen LogP contribution in [-0.2, 0) is 0 Å². The molecule has 0 aliphatic carbocycles. The number of nitrogens with zero attached hydrogens (tertiary/aromatic N) is 2. The summed E-state index contributed by atoms with van der Waals surface area (Å²) < 4.78 is 0. The fraction of sp³-hybridized carbons (Fsp3) is 0.0270. The van der Waals surface area contributed by atoms with E-state index in [-0.39, 0.29) is 0 Å². The Labute approximate surface area is 228 Å². The van der Waals surface area contributed by atoms with Crippen LogP contribution in [0.4, 0.5) is 0 Å². The highest BCUT2D eigenvalue weighted by molar-refractivity contribution is 6.21. The van der Waals surface area contributed by atoms with Gasteiger partial charge in [0.2, 0.25) is 0 Å². The van der Waals surface area contributed by atoms with Crippen LogP contribution in [0.15, 0.2) is 140 Å². The molecule has 2 heterocycles. The summed E-state index contributed by atoms with van der Waals surface area (Å²) in [6.45, 7) is 2.06. The third-order valence-corrected chi connectivity index (χ3v) is 7.61. The van der Waals surface area contributed by atoms with Crippen molar-refractivity contribution in [3.05, 3.63) is 146 Å². The Hall–Kier alpha value is -5.08. The van der Waals surface area contributed by atoms with Crippen molar-refractivity contribution in [2.75, 3.05) is 0 Å². The van der Waals surface area contributed by atoms with Gasteiger partial charge in [-0.3, -0.25) is 9.97 Å². The number of pyridine rings is 2. The van der Waals surface area contributed by atoms with Crippen molar-refractivity contribution in [2.45, 2.75) is 6.92 Å². The van der Waals surface area contributed by atoms with Crippen LogP contribution in [0.2, 0.25) is 0 Å². The molecule has 0 atom stereocenters. The normalized spacial score (nSPS) is 11.2. The fourth-order valence-corrected chi connectivity index (χ4v) is 5.73. The summed E-state index contributed by atoms with van der Waals surface area (Å²) in [5.41, 5.74) is 10.7. The smallest absolute Gasteiger partial charge is 0.0450 e. The number of rotatable bonds is 4. The highest BCUT2D eigenvalue weighted by Crippen LogP contribution is 2.44. The molecule has 0 unspecified atom stereocenters. The Morgan fingerprint density at radius 1 is 0.385 bits per heavy atom. The lowest BCUT2D eigenvalue weighted by Gasteiger charge is -2.18. The SMILES string of the molecule is Cc1ncccc1-c1ccc(-c2c3ccccc3c(-c3ccc(-c4ccncc4)cc3)c3ccccc23)cc1. The first-order valence-electron chi connectivity index (χ1n) is 13.2. The van der Waals surface area contributed by atoms with Gasteiger partial charge in [0.05, 0.1) is 0 Å². The predicted octanol–water partition coefficient (Wildman–Crippen LogP) is 9.76. The molecule has 0 saturated heterocycles. The molecule has 0 aliphatic rings. The minimum absolute atomic E-state index is 1.04. The van der Waals surface area contributed by atoms with Gasteiger partial charge in [-0.15, -0.1) is 0 Å². The van der Waals surface area contributed by atoms with E-state index < -0.39 is 0 Å². The predicted molar refractivity (Wildman–Crippen MR) is 164 cm³/mol. The van der Waals surface area contributed by atoms with Crippen LogP contribution in [0.3, 0.4) is 0 Å². The lowest BCUT2D eigenvalue weighted by atomic mass is 9.85. The van der Waals surface area contributed by atoms with Gasteiger partial charge in [0.1, 0.15) is 0 Å². The van der Waals surface area contributed by atoms with Crippen molar-refractivity contribution in [1.82, 2.24) is 9.97 Å². The Kier molecular flexibility index (Phi) is 5.71. The molecule has 0 aliphatic heterocycles. The van der Waals surface area contributed by atoms with Gasteiger partial charge in [0.15, 0.2) is 0 Å². The molecule has 7 aromatic rings. The van der Waals surface area contributed by atoms with E-state index in [2.05, 4.69) is 132 Å². The number of benzene rings is 5. The average Bonchev–Trinajstić information content (AvgIpc) is 3.01. The summed E-state index contributed by atoms with van der Waals surface area (Å²) in [6.07, 6.45) is 5.53. The second-order valence-electron chi connectivity index (χ2n) is 9.87. The van der Waals surface area contributed by atoms with Gasteiger partial charge in [-0.2, -0.15) is 0 Å². The van der Waals surface area contributed by atoms with Gasteiger partial charge in [-0.05, 0) is 85.6 Å². The van der Waals surface area contributed by atoms with Gasteiger partial charge in [-0.1, -0.05) is 103 Å². The highest BCUT2D eigenvalue weighted by Gasteiger charge is 2.16. The highest BCUT2D eigenvalue weighted by atomic mass is 14.7. The van der Waals surface area contributed by atoms with Crippen LogP contribution < -0.4 is 0 Å². The fourth-order valence-electron chi connectivity index (χ4n) is 5.73. The van der Waals surface area contributed by atoms with E-state index in [1.54, 1.807) is 0 Å². The lowest BCUT2D eigenvalue weighted by Crippen LogP contribution is -1.91. The van der Waals surface area contributed by atoms with Crippen molar-refractivity contribution in [1.29, 1.82) is 0 Å². The van der Waals surface area contributed by atoms with E-state index in [1.165, 1.54) is 66.1 Å². The van der Waals surface area contributed by atoms with E-state index in [9.17, 15) is 0 Å². The summed E-state index contributed by atoms with van der Waals surface area (Å²) in [4.78, 5) is 8.63. The molecule has 2 nitrogen and oxygen atoms in total. The number of aryl methyl sites for hydroxylation is 1. The third-order valence-electron chi connectivity index (χ3n) is 7.61. The number of aromatic nitrogens is 2. The second-order valence-corrected chi connectivity index (χ2v) is 9.87. The molecule has 184 valence electrons. The average molecular weight is 499 g/mol. The topological polar surface area (TPSA) is 25.8 Å². The van der Waals surface area contributed by atoms with Crippen molar-refractivity contribution in [2.24, 2.45) is 0 Å². The van der Waals surface area contributed by atoms with E-state index in [0.717, 1.165) is 5.69 Å². The summed E-state index contributed by atoms with van der Waals surface area (Å²) in [7, 11) is 0. The molecule has 0 N–H and O–H groups in total. The monoisotopic (exact) mass is 498 g/mol. The van der Waals surface area contributed by atoms with Gasteiger partial charge in [-0.25, -0.2) is 0 Å². The van der Waals surface area contributed by atoms with E-state index in [1.807, 2.05) is 24.7 Å². The molecule has 2 aromatic heterocycles. The maximum atomic E-state index is 4.48. The number of hydrogen-bond donors (Lipinski definition) is 0. The van der Waals surface area contributed by atoms with Crippen LogP contribution in [0.1, 0.15) is 5.69 Å². The van der Waals surface area contributed by atoms with Crippen molar-refractivity contribution in [3.8, 4) is 44.5 Å². The van der Waals surface area contributed by atoms with Gasteiger partial charge < -0.3 is 0 Å². The molecule has 0 spiro atoms. The lowest BCUT2D eigenvalue weighted by molar-refractivity contribution is 1.20. The van der Waals surface area contributed by atoms with Crippen LogP contribution in [0.5, 0.6) is 0 Å². The van der Waals surface area contributed by atoms with Gasteiger partial charge in [0.25, 0.3) is 0 Å². The second kappa shape index (κ2) is 9.66. The molecule has 0 amide bonds. The summed E-state index contributed by atoms with van der Waals surface area (Å²) in [5.74, 6) is 0. The zero-order valence-electron chi connectivity index (χ0n) is 21.7. The molecule has 7 rings (SSSR count). The van der Waals surface area contributed by atoms with E-state index in [0.29, 0.717) is 0 Å². The Bertz CT molecular complexity index is 1880. The summed E-state index contributed by atoms with van der Waals surface area (Å²) in [5, 5.41) is 5.04. The molecule has 39 heavy (non-hydrogen) atoms. The largest absolute Gasteiger partial charge is 0.265 e. The van der Waals surface area contributed by atoms with Gasteiger partial charge in [0, 0.05) is 29.8 Å². The Morgan fingerprint density at radius 3 is 1.31 bits per heavy atom. The number of hydrogen-bond acceptors (Lipinski definition) is 2. The Morgan fingerprint density at radius 2 is 0.821 bits per heavy atom. The zero-order chi connectivity index (χ0) is 26.2. The van der Waals surface area contributed by atoms with E-state index in [4.69, 9.17) is 0 Å². The molecule has 0 saturated carbocycles. The molecule has 2 heteroatoms. The quantitative estimate of drug-likeness (QED) is 0.226. The maximum absolute atomic E-state index is 4.48. The molecular weight excluding hydrogens is 472 g/mol. The van der Waals surface area contributed by atoms with Crippen LogP contribution >= 0.6 is 0 Å². The van der Waals surface area contributed by atoms with Crippen LogP contribution in [-0.4, -0.2) is 9.97 Å². The standard InChI is InChI=1S/C37H26N2/c1-25-31(11-6-22-39-25)28-14-18-30(19-15-28)37-34-9-4-2-7-32(34)36(33-8-3-5-10-35(33)37)29-16-12-26(13-17-29)27-20-23-38-24-21-27/h2-24H,1H3. The third kappa shape index (κ3) is 4.07. The first kappa shape index (κ1) is 23.1. The van der Waals surface area contributed by atoms with Crippen molar-refractivity contribution >= 4 is 21.5 Å². The summed E-state index contributed by atoms with van der Waals surface area (Å²) in [6, 6.07) is 43.7. The molecule has 0 bridgehead atoms. The van der Waals surface area contributed by atoms with E-state index >= 15 is 0 Å². The number of fused-ring (bicyclic) bond motifs is 2. The minimum atomic E-state index is 1.04.